The Balaban J connectivity index is 1.50. The molecule has 0 spiro atoms. The third-order valence-electron chi connectivity index (χ3n) is 6.36. The van der Waals surface area contributed by atoms with Crippen LogP contribution >= 0.6 is 11.8 Å². The molecule has 2 saturated heterocycles. The Morgan fingerprint density at radius 3 is 2.56 bits per heavy atom. The zero-order valence-electron chi connectivity index (χ0n) is 18.6. The molecule has 2 heterocycles. The lowest BCUT2D eigenvalue weighted by Gasteiger charge is -2.47. The number of aliphatic hydroxyl groups excluding tert-OH is 1. The van der Waals surface area contributed by atoms with E-state index in [2.05, 4.69) is 12.1 Å². The lowest BCUT2D eigenvalue weighted by Crippen LogP contribution is -2.60. The van der Waals surface area contributed by atoms with Gasteiger partial charge in [-0.25, -0.2) is 0 Å². The predicted octanol–water partition coefficient (Wildman–Crippen LogP) is 4.25. The minimum Gasteiger partial charge on any atom is -0.497 e. The van der Waals surface area contributed by atoms with Gasteiger partial charge in [-0.1, -0.05) is 54.2 Å². The summed E-state index contributed by atoms with van der Waals surface area (Å²) in [4.78, 5) is 14.6. The number of carbonyl (C=O) groups excluding carboxylic acids is 1. The second kappa shape index (κ2) is 10.3. The molecular formula is C25H31NO5S. The van der Waals surface area contributed by atoms with Crippen molar-refractivity contribution in [2.45, 2.75) is 56.3 Å². The summed E-state index contributed by atoms with van der Waals surface area (Å²) in [6, 6.07) is 17.7. The van der Waals surface area contributed by atoms with Crippen LogP contribution in [0.15, 0.2) is 54.6 Å². The first-order chi connectivity index (χ1) is 15.5. The third kappa shape index (κ3) is 5.12. The monoisotopic (exact) mass is 457 g/mol. The molecule has 2 aromatic carbocycles. The maximum absolute atomic E-state index is 12.8. The summed E-state index contributed by atoms with van der Waals surface area (Å²) in [5, 5.41) is 10.7. The maximum atomic E-state index is 12.8. The highest BCUT2D eigenvalue weighted by atomic mass is 32.2. The molecule has 0 radical (unpaired) electrons. The first kappa shape index (κ1) is 23.1. The van der Waals surface area contributed by atoms with E-state index in [-0.39, 0.29) is 17.4 Å². The fourth-order valence-corrected chi connectivity index (χ4v) is 5.73. The molecule has 172 valence electrons. The number of thioether (sulfide) groups is 1. The Hall–Kier alpha value is -2.06. The number of aryl methyl sites for hydroxylation is 1. The summed E-state index contributed by atoms with van der Waals surface area (Å²) < 4.78 is 17.7. The normalized spacial score (nSPS) is 28.2. The third-order valence-corrected chi connectivity index (χ3v) is 7.32. The molecule has 6 nitrogen and oxygen atoms in total. The molecule has 0 saturated carbocycles. The van der Waals surface area contributed by atoms with Gasteiger partial charge in [0.05, 0.1) is 25.4 Å². The van der Waals surface area contributed by atoms with E-state index >= 15 is 0 Å². The molecule has 2 aliphatic heterocycles. The molecule has 0 bridgehead atoms. The lowest BCUT2D eigenvalue weighted by molar-refractivity contribution is -0.304. The van der Waals surface area contributed by atoms with Crippen molar-refractivity contribution >= 4 is 17.0 Å². The molecule has 2 aromatic rings. The van der Waals surface area contributed by atoms with Gasteiger partial charge in [0.25, 0.3) is 5.24 Å². The molecule has 4 rings (SSSR count). The fraction of sp³-hybridized carbons (Fsp3) is 0.480. The number of carbonyl (C=O) groups is 1. The number of methoxy groups -OCH3 is 2. The van der Waals surface area contributed by atoms with E-state index in [1.165, 1.54) is 17.3 Å². The molecule has 7 heteroatoms. The number of hydrogen-bond donors (Lipinski definition) is 1. The summed E-state index contributed by atoms with van der Waals surface area (Å²) in [6.45, 7) is 0.458. The van der Waals surface area contributed by atoms with Gasteiger partial charge in [0.1, 0.15) is 5.75 Å². The SMILES string of the molecule is COc1ccc(CN2C(=O)SCC2[C@@]2(OC)C[C@@H](O)C[C@@H](CCc3ccccc3)O2)cc1. The second-order valence-corrected chi connectivity index (χ2v) is 9.41. The van der Waals surface area contributed by atoms with Crippen LogP contribution in [-0.4, -0.2) is 59.3 Å². The highest BCUT2D eigenvalue weighted by Crippen LogP contribution is 2.42. The Labute approximate surface area is 193 Å². The van der Waals surface area contributed by atoms with Gasteiger partial charge < -0.3 is 24.2 Å². The van der Waals surface area contributed by atoms with Crippen molar-refractivity contribution < 1.29 is 24.1 Å². The average Bonchev–Trinajstić information content (AvgIpc) is 3.19. The van der Waals surface area contributed by atoms with Crippen LogP contribution in [0, 0.1) is 0 Å². The number of nitrogens with zero attached hydrogens (tertiary/aromatic N) is 1. The molecule has 1 N–H and O–H groups in total. The molecule has 2 fully saturated rings. The van der Waals surface area contributed by atoms with Crippen molar-refractivity contribution in [1.82, 2.24) is 4.90 Å². The van der Waals surface area contributed by atoms with Crippen LogP contribution in [0.25, 0.3) is 0 Å². The van der Waals surface area contributed by atoms with Crippen LogP contribution in [0.1, 0.15) is 30.4 Å². The number of rotatable bonds is 8. The summed E-state index contributed by atoms with van der Waals surface area (Å²) in [5.41, 5.74) is 2.25. The lowest BCUT2D eigenvalue weighted by atomic mass is 9.90. The van der Waals surface area contributed by atoms with Crippen LogP contribution < -0.4 is 4.74 Å². The van der Waals surface area contributed by atoms with Crippen LogP contribution in [0.2, 0.25) is 0 Å². The summed E-state index contributed by atoms with van der Waals surface area (Å²) in [5.74, 6) is 0.326. The fourth-order valence-electron chi connectivity index (χ4n) is 4.64. The van der Waals surface area contributed by atoms with Gasteiger partial charge in [-0.2, -0.15) is 0 Å². The molecule has 0 aromatic heterocycles. The molecule has 4 atom stereocenters. The topological polar surface area (TPSA) is 68.2 Å². The van der Waals surface area contributed by atoms with Crippen LogP contribution in [0.5, 0.6) is 5.75 Å². The Morgan fingerprint density at radius 2 is 1.88 bits per heavy atom. The highest BCUT2D eigenvalue weighted by Gasteiger charge is 2.53. The van der Waals surface area contributed by atoms with Gasteiger partial charge in [-0.15, -0.1) is 0 Å². The van der Waals surface area contributed by atoms with Crippen molar-refractivity contribution in [3.8, 4) is 5.75 Å². The van der Waals surface area contributed by atoms with Crippen molar-refractivity contribution in [3.05, 3.63) is 65.7 Å². The van der Waals surface area contributed by atoms with E-state index in [0.717, 1.165) is 24.2 Å². The van der Waals surface area contributed by atoms with Crippen LogP contribution in [0.4, 0.5) is 4.79 Å². The van der Waals surface area contributed by atoms with Crippen LogP contribution in [-0.2, 0) is 22.4 Å². The van der Waals surface area contributed by atoms with Crippen molar-refractivity contribution in [3.63, 3.8) is 0 Å². The van der Waals surface area contributed by atoms with Gasteiger partial charge >= 0.3 is 0 Å². The van der Waals surface area contributed by atoms with Crippen molar-refractivity contribution in [2.24, 2.45) is 0 Å². The second-order valence-electron chi connectivity index (χ2n) is 8.44. The van der Waals surface area contributed by atoms with Crippen molar-refractivity contribution in [1.29, 1.82) is 0 Å². The summed E-state index contributed by atoms with van der Waals surface area (Å²) in [7, 11) is 3.25. The number of aliphatic hydroxyl groups is 1. The number of benzene rings is 2. The molecule has 0 aliphatic carbocycles. The predicted molar refractivity (Wildman–Crippen MR) is 125 cm³/mol. The summed E-state index contributed by atoms with van der Waals surface area (Å²) in [6.07, 6.45) is 1.91. The average molecular weight is 458 g/mol. The minimum absolute atomic E-state index is 0.00624. The standard InChI is InChI=1S/C25H31NO5S/c1-29-21-11-9-19(10-12-21)16-26-23(17-32-24(26)28)25(30-2)15-20(27)14-22(31-25)13-8-18-6-4-3-5-7-18/h3-7,9-12,20,22-23,27H,8,13-17H2,1-2H3/t20-,22+,23?,25+/m0/s1. The number of hydrogen-bond acceptors (Lipinski definition) is 6. The van der Waals surface area contributed by atoms with E-state index in [4.69, 9.17) is 14.2 Å². The van der Waals surface area contributed by atoms with Gasteiger partial charge in [-0.3, -0.25) is 4.79 Å². The van der Waals surface area contributed by atoms with E-state index in [0.29, 0.717) is 25.1 Å². The van der Waals surface area contributed by atoms with Gasteiger partial charge in [0, 0.05) is 25.8 Å². The number of amides is 1. The zero-order valence-corrected chi connectivity index (χ0v) is 19.4. The summed E-state index contributed by atoms with van der Waals surface area (Å²) >= 11 is 1.28. The van der Waals surface area contributed by atoms with Crippen molar-refractivity contribution in [2.75, 3.05) is 20.0 Å². The van der Waals surface area contributed by atoms with E-state index in [1.54, 1.807) is 14.2 Å². The Bertz CT molecular complexity index is 893. The smallest absolute Gasteiger partial charge is 0.282 e. The van der Waals surface area contributed by atoms with Crippen LogP contribution in [0.3, 0.4) is 0 Å². The minimum atomic E-state index is -1.02. The zero-order chi connectivity index (χ0) is 22.6. The molecule has 2 aliphatic rings. The first-order valence-electron chi connectivity index (χ1n) is 11.0. The van der Waals surface area contributed by atoms with E-state index < -0.39 is 11.9 Å². The van der Waals surface area contributed by atoms with Gasteiger partial charge in [-0.05, 0) is 42.5 Å². The Kier molecular flexibility index (Phi) is 7.40. The number of ether oxygens (including phenoxy) is 3. The quantitative estimate of drug-likeness (QED) is 0.639. The molecular weight excluding hydrogens is 426 g/mol. The largest absolute Gasteiger partial charge is 0.497 e. The Morgan fingerprint density at radius 1 is 1.12 bits per heavy atom. The molecule has 1 unspecified atom stereocenters. The maximum Gasteiger partial charge on any atom is 0.282 e. The van der Waals surface area contributed by atoms with Gasteiger partial charge in [0.2, 0.25) is 0 Å². The molecule has 1 amide bonds. The highest BCUT2D eigenvalue weighted by molar-refractivity contribution is 8.13. The first-order valence-corrected chi connectivity index (χ1v) is 12.0. The van der Waals surface area contributed by atoms with Gasteiger partial charge in [0.15, 0.2) is 5.79 Å². The van der Waals surface area contributed by atoms with E-state index in [1.807, 2.05) is 47.4 Å². The molecule has 32 heavy (non-hydrogen) atoms. The van der Waals surface area contributed by atoms with E-state index in [9.17, 15) is 9.90 Å².